The standard InChI is InChI=1S/C9H18N4S/c1-5-10-7(2)8(3)14-9-11-6-12-13(9)4/h6-8,10H,5H2,1-4H3. The number of aryl methyl sites for hydroxylation is 1. The fourth-order valence-corrected chi connectivity index (χ4v) is 2.09. The van der Waals surface area contributed by atoms with Gasteiger partial charge in [-0.15, -0.1) is 0 Å². The van der Waals surface area contributed by atoms with Crippen LogP contribution in [0.5, 0.6) is 0 Å². The number of nitrogens with one attached hydrogen (secondary N) is 1. The van der Waals surface area contributed by atoms with Gasteiger partial charge in [-0.05, 0) is 13.5 Å². The molecule has 4 nitrogen and oxygen atoms in total. The van der Waals surface area contributed by atoms with Crippen molar-refractivity contribution in [2.24, 2.45) is 7.05 Å². The predicted octanol–water partition coefficient (Wildman–Crippen LogP) is 1.29. The molecular weight excluding hydrogens is 196 g/mol. The Labute approximate surface area is 89.5 Å². The maximum absolute atomic E-state index is 4.19. The van der Waals surface area contributed by atoms with Gasteiger partial charge >= 0.3 is 0 Å². The molecule has 0 fully saturated rings. The molecule has 0 aliphatic rings. The summed E-state index contributed by atoms with van der Waals surface area (Å²) in [5, 5.41) is 8.91. The molecular formula is C9H18N4S. The lowest BCUT2D eigenvalue weighted by molar-refractivity contribution is 0.560. The summed E-state index contributed by atoms with van der Waals surface area (Å²) in [6.45, 7) is 7.52. The Balaban J connectivity index is 2.48. The maximum Gasteiger partial charge on any atom is 0.186 e. The average Bonchev–Trinajstić information content (AvgIpc) is 2.52. The van der Waals surface area contributed by atoms with E-state index in [-0.39, 0.29) is 0 Å². The van der Waals surface area contributed by atoms with E-state index in [1.54, 1.807) is 22.8 Å². The fourth-order valence-electron chi connectivity index (χ4n) is 1.15. The van der Waals surface area contributed by atoms with Gasteiger partial charge in [0.25, 0.3) is 0 Å². The van der Waals surface area contributed by atoms with Crippen LogP contribution in [0.4, 0.5) is 0 Å². The van der Waals surface area contributed by atoms with E-state index in [0.29, 0.717) is 11.3 Å². The normalized spacial score (nSPS) is 15.4. The highest BCUT2D eigenvalue weighted by Gasteiger charge is 2.14. The number of nitrogens with zero attached hydrogens (tertiary/aromatic N) is 3. The van der Waals surface area contributed by atoms with Crippen molar-refractivity contribution in [2.75, 3.05) is 6.54 Å². The van der Waals surface area contributed by atoms with Gasteiger partial charge in [-0.3, -0.25) is 0 Å². The highest BCUT2D eigenvalue weighted by molar-refractivity contribution is 7.99. The first kappa shape index (κ1) is 11.5. The first-order chi connectivity index (χ1) is 6.65. The van der Waals surface area contributed by atoms with E-state index in [2.05, 4.69) is 36.2 Å². The van der Waals surface area contributed by atoms with E-state index in [0.717, 1.165) is 11.7 Å². The molecule has 0 amide bonds. The van der Waals surface area contributed by atoms with E-state index < -0.39 is 0 Å². The molecule has 5 heteroatoms. The maximum atomic E-state index is 4.19. The van der Waals surface area contributed by atoms with Crippen molar-refractivity contribution in [3.05, 3.63) is 6.33 Å². The Hall–Kier alpha value is -0.550. The summed E-state index contributed by atoms with van der Waals surface area (Å²) in [6, 6.07) is 0.488. The molecule has 1 rings (SSSR count). The molecule has 0 saturated heterocycles. The van der Waals surface area contributed by atoms with Crippen LogP contribution in [0.1, 0.15) is 20.8 Å². The van der Waals surface area contributed by atoms with Crippen LogP contribution in [0.25, 0.3) is 0 Å². The fraction of sp³-hybridized carbons (Fsp3) is 0.778. The van der Waals surface area contributed by atoms with Crippen molar-refractivity contribution in [3.63, 3.8) is 0 Å². The minimum absolute atomic E-state index is 0.488. The summed E-state index contributed by atoms with van der Waals surface area (Å²) in [5.41, 5.74) is 0. The number of aromatic nitrogens is 3. The molecule has 0 aliphatic heterocycles. The van der Waals surface area contributed by atoms with E-state index in [1.165, 1.54) is 0 Å². The van der Waals surface area contributed by atoms with Crippen molar-refractivity contribution in [1.29, 1.82) is 0 Å². The minimum Gasteiger partial charge on any atom is -0.313 e. The Bertz CT molecular complexity index is 274. The van der Waals surface area contributed by atoms with E-state index >= 15 is 0 Å². The van der Waals surface area contributed by atoms with Crippen LogP contribution in [0.15, 0.2) is 11.5 Å². The topological polar surface area (TPSA) is 42.7 Å². The van der Waals surface area contributed by atoms with Crippen LogP contribution in [0.2, 0.25) is 0 Å². The molecule has 14 heavy (non-hydrogen) atoms. The lowest BCUT2D eigenvalue weighted by Gasteiger charge is -2.19. The number of thioether (sulfide) groups is 1. The van der Waals surface area contributed by atoms with Gasteiger partial charge in [-0.25, -0.2) is 9.67 Å². The monoisotopic (exact) mass is 214 g/mol. The molecule has 1 aromatic rings. The van der Waals surface area contributed by atoms with Gasteiger partial charge in [0.1, 0.15) is 6.33 Å². The summed E-state index contributed by atoms with van der Waals surface area (Å²) >= 11 is 1.75. The molecule has 0 saturated carbocycles. The minimum atomic E-state index is 0.488. The zero-order valence-corrected chi connectivity index (χ0v) is 10.0. The van der Waals surface area contributed by atoms with E-state index in [4.69, 9.17) is 0 Å². The Morgan fingerprint density at radius 1 is 1.57 bits per heavy atom. The summed E-state index contributed by atoms with van der Waals surface area (Å²) in [5.74, 6) is 0. The molecule has 1 heterocycles. The van der Waals surface area contributed by atoms with Crippen LogP contribution in [-0.2, 0) is 7.05 Å². The van der Waals surface area contributed by atoms with Crippen molar-refractivity contribution in [2.45, 2.75) is 37.2 Å². The van der Waals surface area contributed by atoms with Crippen molar-refractivity contribution in [1.82, 2.24) is 20.1 Å². The first-order valence-corrected chi connectivity index (χ1v) is 5.77. The van der Waals surface area contributed by atoms with Crippen LogP contribution in [0.3, 0.4) is 0 Å². The third kappa shape index (κ3) is 2.99. The van der Waals surface area contributed by atoms with Crippen molar-refractivity contribution < 1.29 is 0 Å². The number of rotatable bonds is 5. The SMILES string of the molecule is CCNC(C)C(C)Sc1ncnn1C. The summed E-state index contributed by atoms with van der Waals surface area (Å²) in [7, 11) is 1.92. The third-order valence-electron chi connectivity index (χ3n) is 2.19. The van der Waals surface area contributed by atoms with Crippen LogP contribution < -0.4 is 5.32 Å². The molecule has 0 bridgehead atoms. The lowest BCUT2D eigenvalue weighted by Crippen LogP contribution is -2.33. The predicted molar refractivity (Wildman–Crippen MR) is 59.5 cm³/mol. The summed E-state index contributed by atoms with van der Waals surface area (Å²) < 4.78 is 1.81. The zero-order valence-electron chi connectivity index (χ0n) is 9.19. The summed E-state index contributed by atoms with van der Waals surface area (Å²) in [6.07, 6.45) is 1.59. The van der Waals surface area contributed by atoms with Crippen molar-refractivity contribution in [3.8, 4) is 0 Å². The van der Waals surface area contributed by atoms with Gasteiger partial charge in [-0.1, -0.05) is 25.6 Å². The molecule has 80 valence electrons. The largest absolute Gasteiger partial charge is 0.313 e. The number of hydrogen-bond donors (Lipinski definition) is 1. The molecule has 2 unspecified atom stereocenters. The Kier molecular flexibility index (Phi) is 4.41. The second-order valence-corrected chi connectivity index (χ2v) is 4.68. The lowest BCUT2D eigenvalue weighted by atomic mass is 10.2. The highest BCUT2D eigenvalue weighted by atomic mass is 32.2. The molecule has 0 spiro atoms. The number of hydrogen-bond acceptors (Lipinski definition) is 4. The Morgan fingerprint density at radius 2 is 2.29 bits per heavy atom. The van der Waals surface area contributed by atoms with E-state index in [9.17, 15) is 0 Å². The van der Waals surface area contributed by atoms with Gasteiger partial charge in [-0.2, -0.15) is 5.10 Å². The van der Waals surface area contributed by atoms with Crippen LogP contribution in [0, 0.1) is 0 Å². The second kappa shape index (κ2) is 5.36. The molecule has 0 radical (unpaired) electrons. The van der Waals surface area contributed by atoms with Crippen molar-refractivity contribution >= 4 is 11.8 Å². The van der Waals surface area contributed by atoms with Gasteiger partial charge in [0.15, 0.2) is 5.16 Å². The molecule has 1 N–H and O–H groups in total. The van der Waals surface area contributed by atoms with Gasteiger partial charge in [0.05, 0.1) is 0 Å². The molecule has 2 atom stereocenters. The molecule has 1 aromatic heterocycles. The highest BCUT2D eigenvalue weighted by Crippen LogP contribution is 2.21. The third-order valence-corrected chi connectivity index (χ3v) is 3.55. The Morgan fingerprint density at radius 3 is 2.79 bits per heavy atom. The quantitative estimate of drug-likeness (QED) is 0.750. The van der Waals surface area contributed by atoms with Gasteiger partial charge < -0.3 is 5.32 Å². The van der Waals surface area contributed by atoms with Gasteiger partial charge in [0, 0.05) is 18.3 Å². The average molecular weight is 214 g/mol. The van der Waals surface area contributed by atoms with E-state index in [1.807, 2.05) is 7.05 Å². The zero-order chi connectivity index (χ0) is 10.6. The molecule has 0 aromatic carbocycles. The van der Waals surface area contributed by atoms with Crippen LogP contribution >= 0.6 is 11.8 Å². The second-order valence-electron chi connectivity index (χ2n) is 3.34. The summed E-state index contributed by atoms with van der Waals surface area (Å²) in [4.78, 5) is 4.19. The first-order valence-electron chi connectivity index (χ1n) is 4.89. The smallest absolute Gasteiger partial charge is 0.186 e. The van der Waals surface area contributed by atoms with Gasteiger partial charge in [0.2, 0.25) is 0 Å². The molecule has 0 aliphatic carbocycles. The van der Waals surface area contributed by atoms with Crippen LogP contribution in [-0.4, -0.2) is 32.6 Å².